The number of nitrogens with two attached hydrogens (primary N) is 1. The van der Waals surface area contributed by atoms with E-state index in [0.717, 1.165) is 16.9 Å². The summed E-state index contributed by atoms with van der Waals surface area (Å²) in [5, 5.41) is 4.05. The number of primary amides is 1. The van der Waals surface area contributed by atoms with Gasteiger partial charge in [0, 0.05) is 23.4 Å². The van der Waals surface area contributed by atoms with E-state index in [1.54, 1.807) is 24.4 Å². The Bertz CT molecular complexity index is 711. The number of carbonyl (C=O) groups excluding carboxylic acids is 1. The third-order valence-corrected chi connectivity index (χ3v) is 4.57. The van der Waals surface area contributed by atoms with Crippen molar-refractivity contribution in [3.63, 3.8) is 0 Å². The van der Waals surface area contributed by atoms with Gasteiger partial charge in [0.05, 0.1) is 5.02 Å². The Kier molecular flexibility index (Phi) is 4.82. The number of nitrogens with zero attached hydrogens (tertiary/aromatic N) is 1. The molecule has 1 aliphatic carbocycles. The highest BCUT2D eigenvalue weighted by molar-refractivity contribution is 6.33. The van der Waals surface area contributed by atoms with E-state index in [2.05, 4.69) is 10.3 Å². The molecular formula is C18H20ClN3O. The van der Waals surface area contributed by atoms with Gasteiger partial charge in [-0.15, -0.1) is 0 Å². The van der Waals surface area contributed by atoms with Gasteiger partial charge >= 0.3 is 0 Å². The molecule has 1 heterocycles. The van der Waals surface area contributed by atoms with Gasteiger partial charge in [-0.1, -0.05) is 43.0 Å². The first kappa shape index (κ1) is 15.8. The van der Waals surface area contributed by atoms with Crippen LogP contribution in [0.2, 0.25) is 5.02 Å². The maximum Gasteiger partial charge on any atom is 0.248 e. The Hall–Kier alpha value is -2.07. The van der Waals surface area contributed by atoms with Crippen molar-refractivity contribution in [1.29, 1.82) is 0 Å². The van der Waals surface area contributed by atoms with Gasteiger partial charge in [0.25, 0.3) is 0 Å². The molecule has 0 unspecified atom stereocenters. The predicted octanol–water partition coefficient (Wildman–Crippen LogP) is 4.25. The van der Waals surface area contributed by atoms with Crippen molar-refractivity contribution in [2.24, 2.45) is 5.73 Å². The summed E-state index contributed by atoms with van der Waals surface area (Å²) >= 11 is 6.30. The molecular weight excluding hydrogens is 310 g/mol. The molecule has 0 spiro atoms. The number of nitrogens with one attached hydrogen (secondary N) is 1. The standard InChI is InChI=1S/C18H20ClN3O/c19-16-11-21-17(22-14-7-2-1-3-8-14)10-15(16)12-5-4-6-13(9-12)18(20)23/h4-6,9-11,14H,1-3,7-8H2,(H2,20,23)(H,21,22). The van der Waals surface area contributed by atoms with E-state index in [1.807, 2.05) is 12.1 Å². The van der Waals surface area contributed by atoms with Crippen LogP contribution in [0.15, 0.2) is 36.5 Å². The molecule has 2 aromatic rings. The molecule has 120 valence electrons. The number of pyridine rings is 1. The van der Waals surface area contributed by atoms with Crippen LogP contribution in [0.4, 0.5) is 5.82 Å². The minimum Gasteiger partial charge on any atom is -0.367 e. The minimum atomic E-state index is -0.447. The third-order valence-electron chi connectivity index (χ3n) is 4.27. The highest BCUT2D eigenvalue weighted by atomic mass is 35.5. The molecule has 1 aromatic heterocycles. The molecule has 0 bridgehead atoms. The Morgan fingerprint density at radius 3 is 2.74 bits per heavy atom. The quantitative estimate of drug-likeness (QED) is 0.881. The lowest BCUT2D eigenvalue weighted by Gasteiger charge is -2.23. The second-order valence-electron chi connectivity index (χ2n) is 5.97. The molecule has 1 aromatic carbocycles. The van der Waals surface area contributed by atoms with Crippen LogP contribution >= 0.6 is 11.6 Å². The fourth-order valence-electron chi connectivity index (χ4n) is 3.03. The van der Waals surface area contributed by atoms with Crippen LogP contribution in [0, 0.1) is 0 Å². The highest BCUT2D eigenvalue weighted by Crippen LogP contribution is 2.30. The summed E-state index contributed by atoms with van der Waals surface area (Å²) in [6.45, 7) is 0. The van der Waals surface area contributed by atoms with Gasteiger partial charge in [-0.25, -0.2) is 4.98 Å². The van der Waals surface area contributed by atoms with Crippen molar-refractivity contribution in [3.8, 4) is 11.1 Å². The van der Waals surface area contributed by atoms with Crippen LogP contribution in [0.5, 0.6) is 0 Å². The molecule has 1 aliphatic rings. The normalized spacial score (nSPS) is 15.3. The molecule has 1 fully saturated rings. The fraction of sp³-hybridized carbons (Fsp3) is 0.333. The van der Waals surface area contributed by atoms with Gasteiger partial charge in [0.2, 0.25) is 5.91 Å². The monoisotopic (exact) mass is 329 g/mol. The molecule has 4 nitrogen and oxygen atoms in total. The Balaban J connectivity index is 1.88. The molecule has 0 radical (unpaired) electrons. The summed E-state index contributed by atoms with van der Waals surface area (Å²) in [4.78, 5) is 15.7. The Morgan fingerprint density at radius 1 is 1.22 bits per heavy atom. The number of aromatic nitrogens is 1. The molecule has 1 amide bonds. The highest BCUT2D eigenvalue weighted by Gasteiger charge is 2.15. The largest absolute Gasteiger partial charge is 0.367 e. The lowest BCUT2D eigenvalue weighted by molar-refractivity contribution is 0.100. The summed E-state index contributed by atoms with van der Waals surface area (Å²) in [6.07, 6.45) is 7.85. The first-order valence-corrected chi connectivity index (χ1v) is 8.33. The summed E-state index contributed by atoms with van der Waals surface area (Å²) in [6, 6.07) is 9.59. The number of carbonyl (C=O) groups is 1. The molecule has 1 saturated carbocycles. The van der Waals surface area contributed by atoms with E-state index in [-0.39, 0.29) is 0 Å². The van der Waals surface area contributed by atoms with Gasteiger partial charge < -0.3 is 11.1 Å². The Labute approximate surface area is 141 Å². The van der Waals surface area contributed by atoms with Crippen LogP contribution < -0.4 is 11.1 Å². The van der Waals surface area contributed by atoms with E-state index in [0.29, 0.717) is 16.6 Å². The summed E-state index contributed by atoms with van der Waals surface area (Å²) in [5.41, 5.74) is 7.54. The zero-order valence-corrected chi connectivity index (χ0v) is 13.6. The first-order chi connectivity index (χ1) is 11.1. The zero-order chi connectivity index (χ0) is 16.2. The van der Waals surface area contributed by atoms with E-state index < -0.39 is 5.91 Å². The van der Waals surface area contributed by atoms with Crippen molar-refractivity contribution in [3.05, 3.63) is 47.1 Å². The summed E-state index contributed by atoms with van der Waals surface area (Å²) < 4.78 is 0. The van der Waals surface area contributed by atoms with Crippen molar-refractivity contribution in [1.82, 2.24) is 4.98 Å². The second-order valence-corrected chi connectivity index (χ2v) is 6.38. The van der Waals surface area contributed by atoms with Crippen LogP contribution in [0.25, 0.3) is 11.1 Å². The van der Waals surface area contributed by atoms with Crippen molar-refractivity contribution >= 4 is 23.3 Å². The molecule has 0 atom stereocenters. The lowest BCUT2D eigenvalue weighted by Crippen LogP contribution is -2.22. The molecule has 0 aliphatic heterocycles. The summed E-state index contributed by atoms with van der Waals surface area (Å²) in [5.74, 6) is 0.373. The van der Waals surface area contributed by atoms with Crippen LogP contribution in [-0.4, -0.2) is 16.9 Å². The van der Waals surface area contributed by atoms with Gasteiger partial charge in [-0.2, -0.15) is 0 Å². The lowest BCUT2D eigenvalue weighted by atomic mass is 9.95. The SMILES string of the molecule is NC(=O)c1cccc(-c2cc(NC3CCCCC3)ncc2Cl)c1. The smallest absolute Gasteiger partial charge is 0.248 e. The van der Waals surface area contributed by atoms with Crippen molar-refractivity contribution < 1.29 is 4.79 Å². The minimum absolute atomic E-state index is 0.447. The van der Waals surface area contributed by atoms with Crippen molar-refractivity contribution in [2.75, 3.05) is 5.32 Å². The predicted molar refractivity (Wildman–Crippen MR) is 93.7 cm³/mol. The van der Waals surface area contributed by atoms with Crippen LogP contribution in [-0.2, 0) is 0 Å². The van der Waals surface area contributed by atoms with Gasteiger partial charge in [0.15, 0.2) is 0 Å². The van der Waals surface area contributed by atoms with Gasteiger partial charge in [-0.3, -0.25) is 4.79 Å². The maximum absolute atomic E-state index is 11.4. The number of benzene rings is 1. The van der Waals surface area contributed by atoms with Gasteiger partial charge in [-0.05, 0) is 36.6 Å². The zero-order valence-electron chi connectivity index (χ0n) is 12.9. The number of amides is 1. The van der Waals surface area contributed by atoms with E-state index >= 15 is 0 Å². The van der Waals surface area contributed by atoms with Crippen LogP contribution in [0.3, 0.4) is 0 Å². The Morgan fingerprint density at radius 2 is 2.00 bits per heavy atom. The van der Waals surface area contributed by atoms with Crippen molar-refractivity contribution in [2.45, 2.75) is 38.1 Å². The second kappa shape index (κ2) is 7.01. The van der Waals surface area contributed by atoms with Crippen LogP contribution in [0.1, 0.15) is 42.5 Å². The topological polar surface area (TPSA) is 68.0 Å². The average molecular weight is 330 g/mol. The molecule has 23 heavy (non-hydrogen) atoms. The molecule has 3 N–H and O–H groups in total. The fourth-order valence-corrected chi connectivity index (χ4v) is 3.25. The number of hydrogen-bond acceptors (Lipinski definition) is 3. The molecule has 3 rings (SSSR count). The number of hydrogen-bond donors (Lipinski definition) is 2. The van der Waals surface area contributed by atoms with E-state index in [1.165, 1.54) is 32.1 Å². The van der Waals surface area contributed by atoms with E-state index in [4.69, 9.17) is 17.3 Å². The average Bonchev–Trinajstić information content (AvgIpc) is 2.57. The maximum atomic E-state index is 11.4. The third kappa shape index (κ3) is 3.82. The van der Waals surface area contributed by atoms with E-state index in [9.17, 15) is 4.79 Å². The number of rotatable bonds is 4. The number of anilines is 1. The molecule has 5 heteroatoms. The summed E-state index contributed by atoms with van der Waals surface area (Å²) in [7, 11) is 0. The number of halogens is 1. The molecule has 0 saturated heterocycles. The first-order valence-electron chi connectivity index (χ1n) is 7.96. The van der Waals surface area contributed by atoms with Gasteiger partial charge in [0.1, 0.15) is 5.82 Å².